The van der Waals surface area contributed by atoms with E-state index in [9.17, 15) is 24.0 Å². The average Bonchev–Trinajstić information content (AvgIpc) is 3.88. The first-order chi connectivity index (χ1) is 31.9. The third-order valence-corrected chi connectivity index (χ3v) is 14.5. The zero-order valence-electron chi connectivity index (χ0n) is 37.5. The first kappa shape index (κ1) is 45.2. The van der Waals surface area contributed by atoms with Crippen LogP contribution in [0.1, 0.15) is 103 Å². The van der Waals surface area contributed by atoms with Crippen molar-refractivity contribution in [3.8, 4) is 0 Å². The third-order valence-electron chi connectivity index (χ3n) is 13.6. The molecule has 4 fully saturated rings. The molecule has 1 spiro atoms. The van der Waals surface area contributed by atoms with Gasteiger partial charge in [-0.3, -0.25) is 29.3 Å². The molecule has 2 aromatic heterocycles. The summed E-state index contributed by atoms with van der Waals surface area (Å²) >= 11 is 1.53. The second-order valence-corrected chi connectivity index (χ2v) is 20.0. The Morgan fingerprint density at radius 2 is 1.70 bits per heavy atom. The molecule has 5 amide bonds. The predicted molar refractivity (Wildman–Crippen MR) is 250 cm³/mol. The maximum absolute atomic E-state index is 13.0. The number of imide groups is 1. The Morgan fingerprint density at radius 1 is 0.879 bits per heavy atom. The van der Waals surface area contributed by atoms with Gasteiger partial charge in [0.25, 0.3) is 11.8 Å². The number of likely N-dealkylation sites (tertiary alicyclic amines) is 1. The second-order valence-electron chi connectivity index (χ2n) is 18.9. The quantitative estimate of drug-likeness (QED) is 0.0900. The normalized spacial score (nSPS) is 20.0. The first-order valence-corrected chi connectivity index (χ1v) is 24.0. The van der Waals surface area contributed by atoms with E-state index in [1.165, 1.54) is 16.7 Å². The van der Waals surface area contributed by atoms with Crippen LogP contribution in [0.4, 0.5) is 17.3 Å². The van der Waals surface area contributed by atoms with Crippen LogP contribution in [-0.4, -0.2) is 117 Å². The average molecular weight is 915 g/mol. The van der Waals surface area contributed by atoms with Crippen LogP contribution in [0.15, 0.2) is 76.9 Å². The van der Waals surface area contributed by atoms with Crippen LogP contribution in [0.25, 0.3) is 0 Å². The van der Waals surface area contributed by atoms with E-state index >= 15 is 0 Å². The molecule has 0 saturated carbocycles. The molecule has 4 aromatic rings. The molecule has 2 aromatic carbocycles. The largest absolute Gasteiger partial charge is 0.355 e. The highest BCUT2D eigenvalue weighted by atomic mass is 32.2. The molecule has 5 N–H and O–H groups in total. The summed E-state index contributed by atoms with van der Waals surface area (Å²) in [6.45, 7) is 9.39. The number of amides is 5. The predicted octanol–water partition coefficient (Wildman–Crippen LogP) is 4.53. The Morgan fingerprint density at radius 3 is 2.47 bits per heavy atom. The standard InChI is InChI=1S/C48H58N12O5S/c1-47(49)16-20-58(21-17-47)40-26-51-43(27-50-40)66-35-8-6-7-34(24-35)53-41(61)9-4-2-3-5-19-57-29-48(30-57)18-22-59(31-48)39-14-12-37(55-56-39)44(63)52-25-32-10-11-36-33(23-32)28-60(46(36)65)38-13-15-42(62)54-45(38)64/h6-8,10-12,14,23-24,26-27,38H,2-5,9,13,15-22,25,28-31,49H2,1H3,(H,52,63)(H,53,61)(H,54,62,64). The number of nitrogens with one attached hydrogen (secondary N) is 3. The molecule has 0 aliphatic carbocycles. The van der Waals surface area contributed by atoms with Gasteiger partial charge in [0.2, 0.25) is 17.7 Å². The van der Waals surface area contributed by atoms with E-state index in [1.807, 2.05) is 48.8 Å². The molecule has 18 heteroatoms. The first-order valence-electron chi connectivity index (χ1n) is 23.2. The molecule has 5 aliphatic rings. The lowest BCUT2D eigenvalue weighted by Gasteiger charge is -2.48. The van der Waals surface area contributed by atoms with Crippen LogP contribution in [0.5, 0.6) is 0 Å². The monoisotopic (exact) mass is 914 g/mol. The van der Waals surface area contributed by atoms with Gasteiger partial charge < -0.3 is 36.0 Å². The molecule has 346 valence electrons. The number of carbonyl (C=O) groups excluding carboxylic acids is 5. The Kier molecular flexibility index (Phi) is 13.3. The van der Waals surface area contributed by atoms with E-state index in [-0.39, 0.29) is 59.8 Å². The number of hydrogen-bond acceptors (Lipinski definition) is 14. The van der Waals surface area contributed by atoms with Gasteiger partial charge in [-0.2, -0.15) is 0 Å². The molecule has 1 atom stereocenters. The summed E-state index contributed by atoms with van der Waals surface area (Å²) in [4.78, 5) is 81.6. The minimum absolute atomic E-state index is 0.0320. The summed E-state index contributed by atoms with van der Waals surface area (Å²) in [5, 5.41) is 17.8. The highest BCUT2D eigenvalue weighted by Crippen LogP contribution is 2.41. The Hall–Kier alpha value is -5.98. The van der Waals surface area contributed by atoms with Gasteiger partial charge in [0.15, 0.2) is 11.5 Å². The summed E-state index contributed by atoms with van der Waals surface area (Å²) < 4.78 is 0. The van der Waals surface area contributed by atoms with Crippen LogP contribution in [0, 0.1) is 5.41 Å². The van der Waals surface area contributed by atoms with Gasteiger partial charge >= 0.3 is 0 Å². The van der Waals surface area contributed by atoms with Crippen molar-refractivity contribution in [1.29, 1.82) is 0 Å². The summed E-state index contributed by atoms with van der Waals surface area (Å²) in [6.07, 6.45) is 11.7. The fraction of sp³-hybridized carbons (Fsp3) is 0.479. The van der Waals surface area contributed by atoms with E-state index in [2.05, 4.69) is 57.7 Å². The van der Waals surface area contributed by atoms with Crippen LogP contribution >= 0.6 is 11.8 Å². The minimum atomic E-state index is -0.673. The molecule has 9 rings (SSSR count). The van der Waals surface area contributed by atoms with Gasteiger partial charge in [-0.25, -0.2) is 9.97 Å². The number of aromatic nitrogens is 4. The van der Waals surface area contributed by atoms with Crippen LogP contribution in [0.3, 0.4) is 0 Å². The highest BCUT2D eigenvalue weighted by molar-refractivity contribution is 7.99. The van der Waals surface area contributed by atoms with Crippen LogP contribution < -0.4 is 31.5 Å². The van der Waals surface area contributed by atoms with Crippen molar-refractivity contribution >= 4 is 58.6 Å². The van der Waals surface area contributed by atoms with Gasteiger partial charge in [0.1, 0.15) is 16.9 Å². The summed E-state index contributed by atoms with van der Waals surface area (Å²) in [6, 6.07) is 16.1. The maximum atomic E-state index is 13.0. The highest BCUT2D eigenvalue weighted by Gasteiger charge is 2.47. The minimum Gasteiger partial charge on any atom is -0.355 e. The molecule has 4 saturated heterocycles. The lowest BCUT2D eigenvalue weighted by molar-refractivity contribution is -0.137. The van der Waals surface area contributed by atoms with Crippen molar-refractivity contribution in [3.63, 3.8) is 0 Å². The van der Waals surface area contributed by atoms with E-state index in [4.69, 9.17) is 5.73 Å². The number of benzene rings is 2. The summed E-state index contributed by atoms with van der Waals surface area (Å²) in [5.41, 5.74) is 9.57. The zero-order valence-corrected chi connectivity index (χ0v) is 38.3. The third kappa shape index (κ3) is 10.7. The van der Waals surface area contributed by atoms with Gasteiger partial charge in [0.05, 0.1) is 12.4 Å². The number of hydrogen-bond donors (Lipinski definition) is 4. The van der Waals surface area contributed by atoms with Gasteiger partial charge in [-0.1, -0.05) is 42.8 Å². The van der Waals surface area contributed by atoms with Crippen molar-refractivity contribution in [2.24, 2.45) is 11.1 Å². The molecule has 0 bridgehead atoms. The van der Waals surface area contributed by atoms with E-state index in [1.54, 1.807) is 18.2 Å². The molecular formula is C48H58N12O5S. The molecule has 17 nitrogen and oxygen atoms in total. The molecule has 0 radical (unpaired) electrons. The number of carbonyl (C=O) groups is 5. The van der Waals surface area contributed by atoms with Crippen molar-refractivity contribution in [3.05, 3.63) is 89.4 Å². The Labute approximate surface area is 389 Å². The molecular weight excluding hydrogens is 857 g/mol. The van der Waals surface area contributed by atoms with E-state index in [0.717, 1.165) is 129 Å². The molecule has 1 unspecified atom stereocenters. The van der Waals surface area contributed by atoms with Crippen molar-refractivity contribution in [2.75, 3.05) is 60.9 Å². The number of unbranched alkanes of at least 4 members (excludes halogenated alkanes) is 3. The Bertz CT molecular complexity index is 2450. The molecule has 66 heavy (non-hydrogen) atoms. The zero-order chi connectivity index (χ0) is 45.8. The number of fused-ring (bicyclic) bond motifs is 1. The topological polar surface area (TPSA) is 212 Å². The van der Waals surface area contributed by atoms with Crippen LogP contribution in [-0.2, 0) is 27.5 Å². The number of nitrogens with zero attached hydrogens (tertiary/aromatic N) is 8. The van der Waals surface area contributed by atoms with E-state index < -0.39 is 11.9 Å². The number of rotatable bonds is 16. The second kappa shape index (κ2) is 19.5. The fourth-order valence-corrected chi connectivity index (χ4v) is 10.6. The number of nitrogens with two attached hydrogens (primary N) is 1. The number of anilines is 3. The van der Waals surface area contributed by atoms with Crippen LogP contribution in [0.2, 0.25) is 0 Å². The van der Waals surface area contributed by atoms with E-state index in [0.29, 0.717) is 18.4 Å². The molecule has 7 heterocycles. The van der Waals surface area contributed by atoms with Crippen molar-refractivity contribution in [1.82, 2.24) is 40.6 Å². The van der Waals surface area contributed by atoms with Crippen molar-refractivity contribution in [2.45, 2.75) is 106 Å². The maximum Gasteiger partial charge on any atom is 0.272 e. The van der Waals surface area contributed by atoms with Gasteiger partial charge in [0, 0.05) is 92.3 Å². The lowest BCUT2D eigenvalue weighted by atomic mass is 9.79. The Balaban J connectivity index is 0.635. The molecule has 5 aliphatic heterocycles. The SMILES string of the molecule is CC1(N)CCN(c2cnc(Sc3cccc(NC(=O)CCCCCCN4CC5(CCN(c6ccc(C(=O)NCc7ccc8c(c7)CN(C7CCC(=O)NC7=O)C8=O)nn6)C5)C4)c3)cn2)CC1. The lowest BCUT2D eigenvalue weighted by Crippen LogP contribution is -2.57. The van der Waals surface area contributed by atoms with Crippen molar-refractivity contribution < 1.29 is 24.0 Å². The van der Waals surface area contributed by atoms with Gasteiger partial charge in [-0.05, 0) is 99.5 Å². The smallest absolute Gasteiger partial charge is 0.272 e. The summed E-state index contributed by atoms with van der Waals surface area (Å²) in [5.74, 6) is 0.339. The summed E-state index contributed by atoms with van der Waals surface area (Å²) in [7, 11) is 0. The van der Waals surface area contributed by atoms with Gasteiger partial charge in [-0.15, -0.1) is 10.2 Å². The fourth-order valence-electron chi connectivity index (χ4n) is 9.80. The number of piperidine rings is 2.